The molecular formula is C12H15BrN2O4. The molecule has 0 aromatic heterocycles. The van der Waals surface area contributed by atoms with Crippen molar-refractivity contribution < 1.29 is 14.8 Å². The quantitative estimate of drug-likeness (QED) is 0.640. The molecule has 19 heavy (non-hydrogen) atoms. The first-order valence-corrected chi connectivity index (χ1v) is 6.54. The van der Waals surface area contributed by atoms with Crippen molar-refractivity contribution in [1.29, 1.82) is 0 Å². The van der Waals surface area contributed by atoms with Crippen LogP contribution in [0.1, 0.15) is 20.3 Å². The molecule has 0 aliphatic rings. The Morgan fingerprint density at radius 3 is 2.63 bits per heavy atom. The molecule has 0 saturated heterocycles. The van der Waals surface area contributed by atoms with Crippen molar-refractivity contribution in [2.24, 2.45) is 0 Å². The van der Waals surface area contributed by atoms with Crippen LogP contribution < -0.4 is 4.90 Å². The average molecular weight is 331 g/mol. The van der Waals surface area contributed by atoms with Gasteiger partial charge in [0, 0.05) is 23.1 Å². The van der Waals surface area contributed by atoms with Crippen LogP contribution in [-0.2, 0) is 4.79 Å². The molecule has 0 atom stereocenters. The first-order valence-electron chi connectivity index (χ1n) is 5.75. The second kappa shape index (κ2) is 6.51. The molecule has 0 bridgehead atoms. The zero-order valence-corrected chi connectivity index (χ0v) is 12.3. The van der Waals surface area contributed by atoms with E-state index in [1.807, 2.05) is 13.8 Å². The highest BCUT2D eigenvalue weighted by molar-refractivity contribution is 9.10. The number of nitro benzene ring substituents is 1. The van der Waals surface area contributed by atoms with Crippen LogP contribution in [0.3, 0.4) is 0 Å². The van der Waals surface area contributed by atoms with E-state index in [1.54, 1.807) is 17.0 Å². The predicted octanol–water partition coefficient (Wildman–Crippen LogP) is 3.05. The minimum atomic E-state index is -0.928. The van der Waals surface area contributed by atoms with Crippen molar-refractivity contribution in [2.45, 2.75) is 26.3 Å². The molecule has 0 unspecified atom stereocenters. The third-order valence-corrected chi connectivity index (χ3v) is 3.13. The van der Waals surface area contributed by atoms with Crippen LogP contribution in [0.5, 0.6) is 0 Å². The molecule has 1 rings (SSSR count). The lowest BCUT2D eigenvalue weighted by Gasteiger charge is -2.28. The van der Waals surface area contributed by atoms with Crippen molar-refractivity contribution in [1.82, 2.24) is 0 Å². The minimum absolute atomic E-state index is 0.0257. The summed E-state index contributed by atoms with van der Waals surface area (Å²) < 4.78 is 0.717. The summed E-state index contributed by atoms with van der Waals surface area (Å²) in [4.78, 5) is 23.0. The highest BCUT2D eigenvalue weighted by Crippen LogP contribution is 2.32. The van der Waals surface area contributed by atoms with Gasteiger partial charge in [-0.05, 0) is 26.0 Å². The molecule has 1 aromatic rings. The Balaban J connectivity index is 3.17. The molecule has 0 heterocycles. The maximum absolute atomic E-state index is 11.0. The van der Waals surface area contributed by atoms with Gasteiger partial charge in [-0.25, -0.2) is 0 Å². The summed E-state index contributed by atoms with van der Waals surface area (Å²) in [5, 5.41) is 19.8. The van der Waals surface area contributed by atoms with Crippen molar-refractivity contribution in [3.63, 3.8) is 0 Å². The molecule has 0 saturated carbocycles. The minimum Gasteiger partial charge on any atom is -0.481 e. The summed E-state index contributed by atoms with van der Waals surface area (Å²) in [6.45, 7) is 3.96. The molecule has 1 aromatic carbocycles. The Kier molecular flexibility index (Phi) is 5.29. The van der Waals surface area contributed by atoms with Gasteiger partial charge in [-0.1, -0.05) is 15.9 Å². The fraction of sp³-hybridized carbons (Fsp3) is 0.417. The molecule has 104 valence electrons. The maximum Gasteiger partial charge on any atom is 0.305 e. The number of carboxylic acids is 1. The molecule has 7 heteroatoms. The van der Waals surface area contributed by atoms with Crippen LogP contribution in [0.2, 0.25) is 0 Å². The summed E-state index contributed by atoms with van der Waals surface area (Å²) in [5.74, 6) is -0.928. The van der Waals surface area contributed by atoms with Crippen molar-refractivity contribution in [3.8, 4) is 0 Å². The number of anilines is 1. The van der Waals surface area contributed by atoms with Crippen LogP contribution in [0.4, 0.5) is 11.4 Å². The number of hydrogen-bond acceptors (Lipinski definition) is 4. The maximum atomic E-state index is 11.0. The smallest absolute Gasteiger partial charge is 0.305 e. The molecule has 0 radical (unpaired) electrons. The number of nitrogens with zero attached hydrogens (tertiary/aromatic N) is 2. The second-order valence-corrected chi connectivity index (χ2v) is 5.24. The summed E-state index contributed by atoms with van der Waals surface area (Å²) in [6.07, 6.45) is -0.0676. The lowest BCUT2D eigenvalue weighted by Crippen LogP contribution is -2.33. The fourth-order valence-corrected chi connectivity index (χ4v) is 2.10. The van der Waals surface area contributed by atoms with Gasteiger partial charge in [0.1, 0.15) is 5.69 Å². The highest BCUT2D eigenvalue weighted by Gasteiger charge is 2.22. The van der Waals surface area contributed by atoms with E-state index in [0.29, 0.717) is 10.2 Å². The van der Waals surface area contributed by atoms with Crippen LogP contribution >= 0.6 is 15.9 Å². The third-order valence-electron chi connectivity index (χ3n) is 2.63. The first-order chi connectivity index (χ1) is 8.82. The molecule has 6 nitrogen and oxygen atoms in total. The summed E-state index contributed by atoms with van der Waals surface area (Å²) >= 11 is 3.28. The molecule has 0 spiro atoms. The number of carbonyl (C=O) groups is 1. The van der Waals surface area contributed by atoms with Crippen molar-refractivity contribution >= 4 is 33.3 Å². The van der Waals surface area contributed by atoms with Gasteiger partial charge in [-0.15, -0.1) is 0 Å². The fourth-order valence-electron chi connectivity index (χ4n) is 1.75. The molecule has 0 aliphatic heterocycles. The average Bonchev–Trinajstić information content (AvgIpc) is 2.27. The third kappa shape index (κ3) is 4.20. The molecular weight excluding hydrogens is 316 g/mol. The topological polar surface area (TPSA) is 83.7 Å². The van der Waals surface area contributed by atoms with Crippen LogP contribution in [0.25, 0.3) is 0 Å². The van der Waals surface area contributed by atoms with Crippen LogP contribution in [-0.4, -0.2) is 28.6 Å². The number of nitro groups is 1. The van der Waals surface area contributed by atoms with Gasteiger partial charge in [0.15, 0.2) is 0 Å². The highest BCUT2D eigenvalue weighted by atomic mass is 79.9. The van der Waals surface area contributed by atoms with Crippen LogP contribution in [0, 0.1) is 10.1 Å². The number of carboxylic acid groups (broad SMARTS) is 1. The van der Waals surface area contributed by atoms with E-state index < -0.39 is 10.9 Å². The molecule has 0 aliphatic carbocycles. The Hall–Kier alpha value is -1.63. The van der Waals surface area contributed by atoms with E-state index >= 15 is 0 Å². The summed E-state index contributed by atoms with van der Waals surface area (Å²) in [7, 11) is 0. The molecule has 0 fully saturated rings. The monoisotopic (exact) mass is 330 g/mol. The Bertz CT molecular complexity index is 491. The van der Waals surface area contributed by atoms with Gasteiger partial charge < -0.3 is 10.0 Å². The van der Waals surface area contributed by atoms with Gasteiger partial charge in [-0.3, -0.25) is 14.9 Å². The standard InChI is InChI=1S/C12H15BrN2O4/c1-8(2)14(6-5-12(16)17)11-7-9(13)3-4-10(11)15(18)19/h3-4,7-8H,5-6H2,1-2H3,(H,16,17). The van der Waals surface area contributed by atoms with Crippen molar-refractivity contribution in [3.05, 3.63) is 32.8 Å². The van der Waals surface area contributed by atoms with E-state index in [-0.39, 0.29) is 24.7 Å². The van der Waals surface area contributed by atoms with E-state index in [4.69, 9.17) is 5.11 Å². The lowest BCUT2D eigenvalue weighted by atomic mass is 10.2. The van der Waals surface area contributed by atoms with Crippen molar-refractivity contribution in [2.75, 3.05) is 11.4 Å². The lowest BCUT2D eigenvalue weighted by molar-refractivity contribution is -0.384. The summed E-state index contributed by atoms with van der Waals surface area (Å²) in [6, 6.07) is 4.61. The largest absolute Gasteiger partial charge is 0.481 e. The molecule has 1 N–H and O–H groups in total. The zero-order valence-electron chi connectivity index (χ0n) is 10.7. The number of aliphatic carboxylic acids is 1. The normalized spacial score (nSPS) is 10.5. The van der Waals surface area contributed by atoms with E-state index in [2.05, 4.69) is 15.9 Å². The van der Waals surface area contributed by atoms with Gasteiger partial charge in [0.25, 0.3) is 5.69 Å². The van der Waals surface area contributed by atoms with Crippen LogP contribution in [0.15, 0.2) is 22.7 Å². The Morgan fingerprint density at radius 2 is 2.16 bits per heavy atom. The Morgan fingerprint density at radius 1 is 1.53 bits per heavy atom. The number of halogens is 1. The van der Waals surface area contributed by atoms with Gasteiger partial charge in [-0.2, -0.15) is 0 Å². The van der Waals surface area contributed by atoms with E-state index in [0.717, 1.165) is 0 Å². The zero-order chi connectivity index (χ0) is 14.6. The summed E-state index contributed by atoms with van der Waals surface area (Å²) in [5.41, 5.74) is 0.401. The molecule has 0 amide bonds. The van der Waals surface area contributed by atoms with E-state index in [1.165, 1.54) is 6.07 Å². The SMILES string of the molecule is CC(C)N(CCC(=O)O)c1cc(Br)ccc1[N+](=O)[O-]. The van der Waals surface area contributed by atoms with Gasteiger partial charge in [0.2, 0.25) is 0 Å². The number of rotatable bonds is 6. The predicted molar refractivity (Wildman–Crippen MR) is 75.5 cm³/mol. The van der Waals surface area contributed by atoms with E-state index in [9.17, 15) is 14.9 Å². The first kappa shape index (κ1) is 15.4. The van der Waals surface area contributed by atoms with Gasteiger partial charge in [0.05, 0.1) is 11.3 Å². The van der Waals surface area contributed by atoms with Gasteiger partial charge >= 0.3 is 5.97 Å². The Labute approximate surface area is 119 Å². The second-order valence-electron chi connectivity index (χ2n) is 4.32. The number of hydrogen-bond donors (Lipinski definition) is 1. The number of benzene rings is 1.